The van der Waals surface area contributed by atoms with Crippen LogP contribution in [0.4, 0.5) is 0 Å². The Morgan fingerprint density at radius 1 is 0.405 bits per heavy atom. The molecule has 0 saturated carbocycles. The van der Waals surface area contributed by atoms with E-state index in [0.29, 0.717) is 13.0 Å². The number of allylic oxidation sites excluding steroid dienone is 2. The van der Waals surface area contributed by atoms with Gasteiger partial charge in [-0.15, -0.1) is 0 Å². The molecular formula is C65H124O14. The first-order valence-corrected chi connectivity index (χ1v) is 33.3. The summed E-state index contributed by atoms with van der Waals surface area (Å²) >= 11 is 0. The maximum Gasteiger partial charge on any atom is 0.306 e. The fourth-order valence-electron chi connectivity index (χ4n) is 10.9. The van der Waals surface area contributed by atoms with Crippen LogP contribution in [-0.4, -0.2) is 142 Å². The summed E-state index contributed by atoms with van der Waals surface area (Å²) in [5.41, 5.74) is 0. The summed E-state index contributed by atoms with van der Waals surface area (Å²) in [4.78, 5) is 13.1. The molecule has 2 heterocycles. The van der Waals surface area contributed by atoms with Crippen molar-refractivity contribution >= 4 is 5.97 Å². The monoisotopic (exact) mass is 1130 g/mol. The fourth-order valence-corrected chi connectivity index (χ4v) is 10.9. The molecule has 2 saturated heterocycles. The van der Waals surface area contributed by atoms with Gasteiger partial charge in [0.15, 0.2) is 12.6 Å². The Kier molecular flexibility index (Phi) is 48.9. The third-order valence-electron chi connectivity index (χ3n) is 16.3. The number of unbranched alkanes of at least 4 members (excludes halogenated alkanes) is 40. The van der Waals surface area contributed by atoms with Crippen LogP contribution in [0.1, 0.15) is 296 Å². The molecule has 0 amide bonds. The zero-order chi connectivity index (χ0) is 57.2. The fraction of sp³-hybridized carbons (Fsp3) is 0.954. The Bertz CT molecular complexity index is 1360. The van der Waals surface area contributed by atoms with E-state index in [-0.39, 0.29) is 25.6 Å². The Labute approximate surface area is 482 Å². The molecule has 11 unspecified atom stereocenters. The van der Waals surface area contributed by atoms with Crippen molar-refractivity contribution in [1.82, 2.24) is 0 Å². The largest absolute Gasteiger partial charge is 0.457 e. The predicted molar refractivity (Wildman–Crippen MR) is 317 cm³/mol. The van der Waals surface area contributed by atoms with Crippen LogP contribution >= 0.6 is 0 Å². The number of ether oxygens (including phenoxy) is 6. The first kappa shape index (κ1) is 73.8. The van der Waals surface area contributed by atoms with Crippen LogP contribution in [-0.2, 0) is 33.2 Å². The predicted octanol–water partition coefficient (Wildman–Crippen LogP) is 13.3. The summed E-state index contributed by atoms with van der Waals surface area (Å²) in [5, 5.41) is 72.5. The lowest BCUT2D eigenvalue weighted by atomic mass is 9.98. The van der Waals surface area contributed by atoms with Crippen molar-refractivity contribution in [3.05, 3.63) is 12.2 Å². The second kappa shape index (κ2) is 52.3. The highest BCUT2D eigenvalue weighted by Crippen LogP contribution is 2.27. The van der Waals surface area contributed by atoms with E-state index in [2.05, 4.69) is 26.0 Å². The summed E-state index contributed by atoms with van der Waals surface area (Å²) in [7, 11) is 0. The second-order valence-corrected chi connectivity index (χ2v) is 23.7. The standard InChI is InChI=1S/C65H124O14/c1-3-5-7-9-11-13-15-17-19-21-23-25-26-27-28-29-30-32-34-36-38-40-42-44-46-48-57(67)77-54(51-74-49-47-45-43-41-39-37-35-33-31-24-22-20-18-16-14-12-10-8-6-4-2)52-75-64-63(73)61(71)59(69)56(79-64)53-76-65-62(72)60(70)58(68)55(50-66)78-65/h21,23,54-56,58-66,68-73H,3-20,22,24-53H2,1-2H3/b23-21-. The molecule has 0 bridgehead atoms. The van der Waals surface area contributed by atoms with Gasteiger partial charge in [-0.25, -0.2) is 0 Å². The molecule has 11 atom stereocenters. The number of carbonyl (C=O) groups is 1. The summed E-state index contributed by atoms with van der Waals surface area (Å²) in [6, 6.07) is 0. The molecular weight excluding hydrogens is 1000 g/mol. The smallest absolute Gasteiger partial charge is 0.306 e. The molecule has 0 aliphatic carbocycles. The molecule has 0 aromatic rings. The highest BCUT2D eigenvalue weighted by Gasteiger charge is 2.47. The lowest BCUT2D eigenvalue weighted by molar-refractivity contribution is -0.332. The van der Waals surface area contributed by atoms with E-state index in [1.165, 1.54) is 231 Å². The van der Waals surface area contributed by atoms with E-state index in [9.17, 15) is 40.5 Å². The van der Waals surface area contributed by atoms with Gasteiger partial charge in [0.05, 0.1) is 26.4 Å². The number of aliphatic hydroxyl groups excluding tert-OH is 7. The molecule has 2 aliphatic heterocycles. The summed E-state index contributed by atoms with van der Waals surface area (Å²) < 4.78 is 34.5. The van der Waals surface area contributed by atoms with Crippen LogP contribution in [0.2, 0.25) is 0 Å². The van der Waals surface area contributed by atoms with E-state index < -0.39 is 80.7 Å². The van der Waals surface area contributed by atoms with Crippen LogP contribution in [0, 0.1) is 0 Å². The van der Waals surface area contributed by atoms with E-state index in [1.54, 1.807) is 0 Å². The van der Waals surface area contributed by atoms with Crippen molar-refractivity contribution in [2.75, 3.05) is 33.0 Å². The van der Waals surface area contributed by atoms with Gasteiger partial charge >= 0.3 is 5.97 Å². The minimum absolute atomic E-state index is 0.0690. The first-order chi connectivity index (χ1) is 38.6. The zero-order valence-corrected chi connectivity index (χ0v) is 50.6. The zero-order valence-electron chi connectivity index (χ0n) is 50.6. The van der Waals surface area contributed by atoms with Crippen molar-refractivity contribution in [3.63, 3.8) is 0 Å². The van der Waals surface area contributed by atoms with Crippen molar-refractivity contribution in [1.29, 1.82) is 0 Å². The lowest BCUT2D eigenvalue weighted by Gasteiger charge is -2.42. The van der Waals surface area contributed by atoms with Crippen molar-refractivity contribution < 1.29 is 69.0 Å². The Morgan fingerprint density at radius 3 is 1.15 bits per heavy atom. The molecule has 14 heteroatoms. The Hall–Kier alpha value is -1.27. The van der Waals surface area contributed by atoms with Gasteiger partial charge in [0.1, 0.15) is 54.9 Å². The SMILES string of the molecule is CCCCCCCCCC/C=C\CCCCCCCCCCCCCCCC(=O)OC(COCCCCCCCCCCCCCCCCCCCCCC)COC1OC(COC2OC(CO)C(O)C(O)C2O)C(O)C(O)C1O. The maximum absolute atomic E-state index is 13.1. The molecule has 2 rings (SSSR count). The summed E-state index contributed by atoms with van der Waals surface area (Å²) in [6.45, 7) is 3.77. The Morgan fingerprint density at radius 2 is 0.747 bits per heavy atom. The molecule has 0 radical (unpaired) electrons. The number of hydrogen-bond acceptors (Lipinski definition) is 14. The molecule has 468 valence electrons. The van der Waals surface area contributed by atoms with Crippen LogP contribution in [0.3, 0.4) is 0 Å². The number of hydrogen-bond donors (Lipinski definition) is 7. The van der Waals surface area contributed by atoms with E-state index >= 15 is 0 Å². The van der Waals surface area contributed by atoms with Crippen molar-refractivity contribution in [3.8, 4) is 0 Å². The van der Waals surface area contributed by atoms with Crippen LogP contribution in [0.5, 0.6) is 0 Å². The number of carbonyl (C=O) groups excluding carboxylic acids is 1. The van der Waals surface area contributed by atoms with Gasteiger partial charge in [0.25, 0.3) is 0 Å². The molecule has 0 aromatic carbocycles. The lowest BCUT2D eigenvalue weighted by Crippen LogP contribution is -2.61. The van der Waals surface area contributed by atoms with E-state index in [0.717, 1.165) is 38.5 Å². The van der Waals surface area contributed by atoms with Gasteiger partial charge in [-0.1, -0.05) is 264 Å². The number of aliphatic hydroxyl groups is 7. The van der Waals surface area contributed by atoms with Crippen molar-refractivity contribution in [2.45, 2.75) is 364 Å². The number of rotatable bonds is 56. The topological polar surface area (TPSA) is 214 Å². The second-order valence-electron chi connectivity index (χ2n) is 23.7. The molecule has 14 nitrogen and oxygen atoms in total. The Balaban J connectivity index is 1.65. The molecule has 0 aromatic heterocycles. The first-order valence-electron chi connectivity index (χ1n) is 33.3. The summed E-state index contributed by atoms with van der Waals surface area (Å²) in [6.07, 6.45) is 44.2. The van der Waals surface area contributed by atoms with E-state index in [1.807, 2.05) is 0 Å². The molecule has 7 N–H and O–H groups in total. The maximum atomic E-state index is 13.1. The van der Waals surface area contributed by atoms with Gasteiger partial charge in [-0.2, -0.15) is 0 Å². The van der Waals surface area contributed by atoms with E-state index in [4.69, 9.17) is 28.4 Å². The molecule has 2 aliphatic rings. The van der Waals surface area contributed by atoms with Crippen LogP contribution < -0.4 is 0 Å². The number of esters is 1. The van der Waals surface area contributed by atoms with Gasteiger partial charge in [-0.3, -0.25) is 4.79 Å². The third kappa shape index (κ3) is 38.3. The van der Waals surface area contributed by atoms with Crippen molar-refractivity contribution in [2.24, 2.45) is 0 Å². The van der Waals surface area contributed by atoms with Gasteiger partial charge in [0.2, 0.25) is 0 Å². The highest BCUT2D eigenvalue weighted by molar-refractivity contribution is 5.69. The minimum Gasteiger partial charge on any atom is -0.457 e. The third-order valence-corrected chi connectivity index (χ3v) is 16.3. The molecule has 0 spiro atoms. The minimum atomic E-state index is -1.70. The van der Waals surface area contributed by atoms with Gasteiger partial charge in [0, 0.05) is 13.0 Å². The quantitative estimate of drug-likeness (QED) is 0.0172. The molecule has 79 heavy (non-hydrogen) atoms. The van der Waals surface area contributed by atoms with Crippen LogP contribution in [0.25, 0.3) is 0 Å². The van der Waals surface area contributed by atoms with Crippen LogP contribution in [0.15, 0.2) is 12.2 Å². The molecule has 2 fully saturated rings. The average molecular weight is 1130 g/mol. The van der Waals surface area contributed by atoms with Gasteiger partial charge < -0.3 is 64.2 Å². The normalized spacial score (nSPS) is 24.0. The summed E-state index contributed by atoms with van der Waals surface area (Å²) in [5.74, 6) is -0.368. The average Bonchev–Trinajstić information content (AvgIpc) is 3.46. The highest BCUT2D eigenvalue weighted by atomic mass is 16.7. The van der Waals surface area contributed by atoms with Gasteiger partial charge in [-0.05, 0) is 38.5 Å².